The molecule has 0 aromatic carbocycles. The van der Waals surface area contributed by atoms with Gasteiger partial charge in [0.25, 0.3) is 0 Å². The van der Waals surface area contributed by atoms with Crippen LogP contribution in [0.15, 0.2) is 11.6 Å². The molecule has 0 N–H and O–H groups in total. The standard InChI is InChI=1S/C5H9.3ClH.Sn/c1-4-5(2)3;;;;/h4H,2H2,1,3H3;3*1H;/q;;;;+3/p-3/b5-4-;;;;. The first-order valence-corrected chi connectivity index (χ1v) is 15.5. The molecule has 0 fully saturated rings. The fourth-order valence-corrected chi connectivity index (χ4v) is 7.05. The first kappa shape index (κ1) is 10.4. The summed E-state index contributed by atoms with van der Waals surface area (Å²) in [6.45, 7) is 3.94. The van der Waals surface area contributed by atoms with Crippen molar-refractivity contribution in [3.63, 3.8) is 0 Å². The van der Waals surface area contributed by atoms with Crippen LogP contribution in [0, 0.1) is 0 Å². The topological polar surface area (TPSA) is 0 Å². The van der Waals surface area contributed by atoms with Gasteiger partial charge in [0.1, 0.15) is 0 Å². The minimum absolute atomic E-state index is 0.718. The van der Waals surface area contributed by atoms with Crippen LogP contribution in [0.25, 0.3) is 0 Å². The molecule has 0 heterocycles. The predicted molar refractivity (Wildman–Crippen MR) is 47.6 cm³/mol. The monoisotopic (exact) mass is 294 g/mol. The van der Waals surface area contributed by atoms with Gasteiger partial charge in [0.15, 0.2) is 0 Å². The Bertz CT molecular complexity index is 114. The van der Waals surface area contributed by atoms with Gasteiger partial charge in [0.05, 0.1) is 0 Å². The second kappa shape index (κ2) is 4.32. The zero-order valence-electron chi connectivity index (χ0n) is 5.42. The molecule has 0 radical (unpaired) electrons. The average molecular weight is 294 g/mol. The van der Waals surface area contributed by atoms with E-state index in [9.17, 15) is 0 Å². The molecule has 0 atom stereocenters. The normalized spacial score (nSPS) is 14.1. The molecule has 0 nitrogen and oxygen atoms in total. The molecule has 9 heavy (non-hydrogen) atoms. The summed E-state index contributed by atoms with van der Waals surface area (Å²) in [4.78, 5) is 0. The van der Waals surface area contributed by atoms with E-state index >= 15 is 0 Å². The molecular formula is C5H9Cl3Sn. The first-order valence-electron chi connectivity index (χ1n) is 2.64. The third-order valence-electron chi connectivity index (χ3n) is 0.972. The molecule has 0 spiro atoms. The van der Waals surface area contributed by atoms with Crippen LogP contribution in [0.5, 0.6) is 0 Å². The minimum atomic E-state index is -3.04. The number of hydrogen-bond acceptors (Lipinski definition) is 0. The van der Waals surface area contributed by atoms with Crippen LogP contribution < -0.4 is 0 Å². The van der Waals surface area contributed by atoms with E-state index in [1.54, 1.807) is 0 Å². The Kier molecular flexibility index (Phi) is 5.00. The van der Waals surface area contributed by atoms with Crippen molar-refractivity contribution >= 4 is 41.8 Å². The fourth-order valence-electron chi connectivity index (χ4n) is 0.418. The maximum atomic E-state index is 5.71. The summed E-state index contributed by atoms with van der Waals surface area (Å²) >= 11 is -3.04. The van der Waals surface area contributed by atoms with Crippen LogP contribution >= 0.6 is 26.8 Å². The third-order valence-corrected chi connectivity index (χ3v) is 6.40. The molecule has 0 saturated carbocycles. The Labute approximate surface area is 71.2 Å². The van der Waals surface area contributed by atoms with Crippen molar-refractivity contribution in [3.8, 4) is 0 Å². The van der Waals surface area contributed by atoms with E-state index in [0.717, 1.165) is 4.44 Å². The van der Waals surface area contributed by atoms with Crippen LogP contribution in [0.4, 0.5) is 0 Å². The molecule has 0 aliphatic rings. The van der Waals surface area contributed by atoms with Crippen molar-refractivity contribution in [2.45, 2.75) is 18.3 Å². The second-order valence-corrected chi connectivity index (χ2v) is 23.3. The number of allylic oxidation sites excluding steroid dienone is 2. The van der Waals surface area contributed by atoms with Gasteiger partial charge in [-0.3, -0.25) is 0 Å². The van der Waals surface area contributed by atoms with E-state index in [1.807, 2.05) is 19.9 Å². The Hall–Kier alpha value is 1.41. The molecule has 0 aliphatic carbocycles. The van der Waals surface area contributed by atoms with Gasteiger partial charge in [-0.15, -0.1) is 0 Å². The van der Waals surface area contributed by atoms with Gasteiger partial charge in [-0.2, -0.15) is 0 Å². The van der Waals surface area contributed by atoms with Gasteiger partial charge in [-0.05, 0) is 0 Å². The van der Waals surface area contributed by atoms with Crippen LogP contribution in [0.3, 0.4) is 0 Å². The van der Waals surface area contributed by atoms with E-state index in [4.69, 9.17) is 26.8 Å². The molecule has 0 bridgehead atoms. The summed E-state index contributed by atoms with van der Waals surface area (Å²) in [7, 11) is 17.1. The zero-order valence-corrected chi connectivity index (χ0v) is 10.5. The first-order chi connectivity index (χ1) is 3.95. The Morgan fingerprint density at radius 1 is 1.44 bits per heavy atom. The van der Waals surface area contributed by atoms with E-state index < -0.39 is 15.0 Å². The summed E-state index contributed by atoms with van der Waals surface area (Å²) in [5, 5.41) is 0. The predicted octanol–water partition coefficient (Wildman–Crippen LogP) is 3.61. The van der Waals surface area contributed by atoms with Crippen molar-refractivity contribution in [2.75, 3.05) is 0 Å². The molecule has 0 aromatic heterocycles. The summed E-state index contributed by atoms with van der Waals surface area (Å²) < 4.78 is 0.718. The maximum absolute atomic E-state index is 5.71. The van der Waals surface area contributed by atoms with Crippen molar-refractivity contribution < 1.29 is 0 Å². The van der Waals surface area contributed by atoms with Gasteiger partial charge >= 0.3 is 71.7 Å². The number of hydrogen-bond donors (Lipinski definition) is 0. The van der Waals surface area contributed by atoms with E-state index in [0.29, 0.717) is 0 Å². The van der Waals surface area contributed by atoms with Crippen molar-refractivity contribution in [1.29, 1.82) is 0 Å². The van der Waals surface area contributed by atoms with Crippen molar-refractivity contribution in [1.82, 2.24) is 0 Å². The summed E-state index contributed by atoms with van der Waals surface area (Å²) in [5.74, 6) is 0. The van der Waals surface area contributed by atoms with Crippen LogP contribution in [-0.2, 0) is 0 Å². The molecule has 0 unspecified atom stereocenters. The van der Waals surface area contributed by atoms with Gasteiger partial charge in [0.2, 0.25) is 0 Å². The van der Waals surface area contributed by atoms with E-state index in [1.165, 1.54) is 5.57 Å². The Morgan fingerprint density at radius 2 is 1.89 bits per heavy atom. The SMILES string of the molecule is C/C=C(\C)[CH2][Sn]([Cl])([Cl])[Cl]. The Morgan fingerprint density at radius 3 is 2.00 bits per heavy atom. The van der Waals surface area contributed by atoms with Gasteiger partial charge in [-0.25, -0.2) is 0 Å². The number of rotatable bonds is 2. The molecule has 0 amide bonds. The second-order valence-electron chi connectivity index (χ2n) is 1.93. The van der Waals surface area contributed by atoms with Crippen LogP contribution in [0.2, 0.25) is 4.44 Å². The molecule has 54 valence electrons. The summed E-state index contributed by atoms with van der Waals surface area (Å²) in [5.41, 5.74) is 1.19. The molecule has 0 rings (SSSR count). The fraction of sp³-hybridized carbons (Fsp3) is 0.600. The average Bonchev–Trinajstić information content (AvgIpc) is 1.62. The quantitative estimate of drug-likeness (QED) is 0.539. The van der Waals surface area contributed by atoms with Gasteiger partial charge < -0.3 is 0 Å². The molecule has 0 saturated heterocycles. The molecule has 0 aliphatic heterocycles. The van der Waals surface area contributed by atoms with Crippen LogP contribution in [-0.4, -0.2) is 15.0 Å². The third kappa shape index (κ3) is 7.30. The van der Waals surface area contributed by atoms with Crippen molar-refractivity contribution in [2.24, 2.45) is 0 Å². The molecular weight excluding hydrogens is 285 g/mol. The summed E-state index contributed by atoms with van der Waals surface area (Å²) in [6.07, 6.45) is 1.98. The Balaban J connectivity index is 3.75. The molecule has 0 aromatic rings. The van der Waals surface area contributed by atoms with E-state index in [-0.39, 0.29) is 0 Å². The molecule has 4 heteroatoms. The number of halogens is 3. The summed E-state index contributed by atoms with van der Waals surface area (Å²) in [6, 6.07) is 0. The van der Waals surface area contributed by atoms with Gasteiger partial charge in [0, 0.05) is 0 Å². The zero-order chi connectivity index (χ0) is 7.49. The van der Waals surface area contributed by atoms with Crippen LogP contribution in [0.1, 0.15) is 13.8 Å². The van der Waals surface area contributed by atoms with Gasteiger partial charge in [-0.1, -0.05) is 0 Å². The van der Waals surface area contributed by atoms with E-state index in [2.05, 4.69) is 0 Å². The van der Waals surface area contributed by atoms with Crippen molar-refractivity contribution in [3.05, 3.63) is 11.6 Å².